The van der Waals surface area contributed by atoms with E-state index in [1.807, 2.05) is 4.90 Å². The molecule has 21 heavy (non-hydrogen) atoms. The fourth-order valence-electron chi connectivity index (χ4n) is 2.50. The lowest BCUT2D eigenvalue weighted by atomic mass is 9.97. The molecule has 1 aromatic rings. The normalized spacial score (nSPS) is 18.2. The number of aromatic nitrogens is 1. The highest BCUT2D eigenvalue weighted by molar-refractivity contribution is 5.79. The highest BCUT2D eigenvalue weighted by atomic mass is 16.6. The maximum atomic E-state index is 11.8. The van der Waals surface area contributed by atoms with Crippen LogP contribution in [0, 0.1) is 16.0 Å². The van der Waals surface area contributed by atoms with Gasteiger partial charge in [-0.05, 0) is 12.8 Å². The number of amides is 1. The summed E-state index contributed by atoms with van der Waals surface area (Å²) in [5, 5.41) is 16.5. The van der Waals surface area contributed by atoms with Gasteiger partial charge in [0.25, 0.3) is 5.69 Å². The Labute approximate surface area is 122 Å². The predicted octanol–water partition coefficient (Wildman–Crippen LogP) is 0.994. The lowest BCUT2D eigenvalue weighted by molar-refractivity contribution is -0.384. The Morgan fingerprint density at radius 1 is 1.48 bits per heavy atom. The second kappa shape index (κ2) is 6.38. The van der Waals surface area contributed by atoms with Crippen molar-refractivity contribution >= 4 is 23.2 Å². The minimum atomic E-state index is -0.438. The van der Waals surface area contributed by atoms with Crippen LogP contribution in [0.1, 0.15) is 12.8 Å². The van der Waals surface area contributed by atoms with Gasteiger partial charge >= 0.3 is 0 Å². The van der Waals surface area contributed by atoms with Crippen molar-refractivity contribution < 1.29 is 9.72 Å². The van der Waals surface area contributed by atoms with E-state index in [4.69, 9.17) is 0 Å². The van der Waals surface area contributed by atoms with Crippen LogP contribution in [0.3, 0.4) is 0 Å². The van der Waals surface area contributed by atoms with E-state index in [0.717, 1.165) is 19.4 Å². The second-order valence-corrected chi connectivity index (χ2v) is 4.98. The molecule has 1 aliphatic heterocycles. The van der Waals surface area contributed by atoms with Crippen molar-refractivity contribution in [3.63, 3.8) is 0 Å². The SMILES string of the molecule is CNC(=O)C1CCCN(c2cc([N+](=O)[O-])cc(NC)n2)C1. The standard InChI is InChI=1S/C13H19N5O3/c1-14-11-6-10(18(20)21)7-12(16-11)17-5-3-4-9(8-17)13(19)15-2/h6-7,9H,3-5,8H2,1-2H3,(H,14,16)(H,15,19). The number of carbonyl (C=O) groups is 1. The number of nitrogens with zero attached hydrogens (tertiary/aromatic N) is 3. The molecule has 1 saturated heterocycles. The minimum Gasteiger partial charge on any atom is -0.373 e. The van der Waals surface area contributed by atoms with Gasteiger partial charge in [-0.2, -0.15) is 0 Å². The molecule has 0 aliphatic carbocycles. The van der Waals surface area contributed by atoms with Gasteiger partial charge in [0.15, 0.2) is 0 Å². The quantitative estimate of drug-likeness (QED) is 0.634. The van der Waals surface area contributed by atoms with Gasteiger partial charge in [-0.15, -0.1) is 0 Å². The first-order chi connectivity index (χ1) is 10.0. The number of nitro groups is 1. The molecule has 0 spiro atoms. The largest absolute Gasteiger partial charge is 0.373 e. The van der Waals surface area contributed by atoms with E-state index in [9.17, 15) is 14.9 Å². The maximum Gasteiger partial charge on any atom is 0.276 e. The molecule has 0 radical (unpaired) electrons. The maximum absolute atomic E-state index is 11.8. The highest BCUT2D eigenvalue weighted by Gasteiger charge is 2.27. The molecule has 2 heterocycles. The van der Waals surface area contributed by atoms with Crippen molar-refractivity contribution in [2.45, 2.75) is 12.8 Å². The number of hydrogen-bond donors (Lipinski definition) is 2. The van der Waals surface area contributed by atoms with Crippen molar-refractivity contribution in [2.75, 3.05) is 37.4 Å². The molecule has 1 amide bonds. The number of hydrogen-bond acceptors (Lipinski definition) is 6. The summed E-state index contributed by atoms with van der Waals surface area (Å²) in [7, 11) is 3.28. The summed E-state index contributed by atoms with van der Waals surface area (Å²) >= 11 is 0. The van der Waals surface area contributed by atoms with E-state index in [0.29, 0.717) is 18.2 Å². The molecule has 1 fully saturated rings. The van der Waals surface area contributed by atoms with Crippen molar-refractivity contribution in [3.05, 3.63) is 22.2 Å². The zero-order chi connectivity index (χ0) is 15.4. The van der Waals surface area contributed by atoms with Gasteiger partial charge in [-0.3, -0.25) is 14.9 Å². The Bertz CT molecular complexity index is 549. The molecular formula is C13H19N5O3. The molecule has 0 bridgehead atoms. The average Bonchev–Trinajstić information content (AvgIpc) is 2.53. The monoisotopic (exact) mass is 293 g/mol. The zero-order valence-electron chi connectivity index (χ0n) is 12.1. The number of anilines is 2. The van der Waals surface area contributed by atoms with Crippen LogP contribution in [0.25, 0.3) is 0 Å². The molecule has 8 heteroatoms. The molecule has 0 aromatic carbocycles. The number of nitrogens with one attached hydrogen (secondary N) is 2. The molecule has 1 unspecified atom stereocenters. The van der Waals surface area contributed by atoms with Gasteiger partial charge in [0.2, 0.25) is 5.91 Å². The topological polar surface area (TPSA) is 100 Å². The van der Waals surface area contributed by atoms with Gasteiger partial charge in [0, 0.05) is 27.2 Å². The predicted molar refractivity (Wildman–Crippen MR) is 79.4 cm³/mol. The molecule has 114 valence electrons. The van der Waals surface area contributed by atoms with Gasteiger partial charge in [-0.25, -0.2) is 4.98 Å². The fourth-order valence-corrected chi connectivity index (χ4v) is 2.50. The molecule has 0 saturated carbocycles. The highest BCUT2D eigenvalue weighted by Crippen LogP contribution is 2.27. The minimum absolute atomic E-state index is 0.000953. The average molecular weight is 293 g/mol. The van der Waals surface area contributed by atoms with Crippen LogP contribution in [0.4, 0.5) is 17.3 Å². The van der Waals surface area contributed by atoms with Crippen LogP contribution in [0.15, 0.2) is 12.1 Å². The van der Waals surface area contributed by atoms with Crippen LogP contribution < -0.4 is 15.5 Å². The van der Waals surface area contributed by atoms with Crippen molar-refractivity contribution in [1.82, 2.24) is 10.3 Å². The Kier molecular flexibility index (Phi) is 4.56. The van der Waals surface area contributed by atoms with E-state index in [-0.39, 0.29) is 17.5 Å². The summed E-state index contributed by atoms with van der Waals surface area (Å²) in [5.41, 5.74) is -0.00795. The third kappa shape index (κ3) is 3.39. The van der Waals surface area contributed by atoms with Crippen molar-refractivity contribution in [3.8, 4) is 0 Å². The Balaban J connectivity index is 2.26. The molecule has 2 N–H and O–H groups in total. The van der Waals surface area contributed by atoms with Gasteiger partial charge in [-0.1, -0.05) is 0 Å². The van der Waals surface area contributed by atoms with Gasteiger partial charge < -0.3 is 15.5 Å². The van der Waals surface area contributed by atoms with Gasteiger partial charge in [0.1, 0.15) is 11.6 Å². The van der Waals surface area contributed by atoms with Crippen LogP contribution in [-0.4, -0.2) is 43.0 Å². The van der Waals surface area contributed by atoms with Crippen LogP contribution in [0.2, 0.25) is 0 Å². The van der Waals surface area contributed by atoms with Crippen LogP contribution >= 0.6 is 0 Å². The van der Waals surface area contributed by atoms with Crippen LogP contribution in [0.5, 0.6) is 0 Å². The van der Waals surface area contributed by atoms with E-state index < -0.39 is 4.92 Å². The zero-order valence-corrected chi connectivity index (χ0v) is 12.1. The summed E-state index contributed by atoms with van der Waals surface area (Å²) in [6, 6.07) is 2.84. The molecule has 8 nitrogen and oxygen atoms in total. The van der Waals surface area contributed by atoms with Crippen molar-refractivity contribution in [1.29, 1.82) is 0 Å². The molecular weight excluding hydrogens is 274 g/mol. The van der Waals surface area contributed by atoms with Crippen LogP contribution in [-0.2, 0) is 4.79 Å². The lowest BCUT2D eigenvalue weighted by Gasteiger charge is -2.32. The molecule has 1 aromatic heterocycles. The van der Waals surface area contributed by atoms with Crippen molar-refractivity contribution in [2.24, 2.45) is 5.92 Å². The first-order valence-corrected chi connectivity index (χ1v) is 6.86. The fraction of sp³-hybridized carbons (Fsp3) is 0.538. The Morgan fingerprint density at radius 2 is 2.24 bits per heavy atom. The summed E-state index contributed by atoms with van der Waals surface area (Å²) in [4.78, 5) is 28.6. The summed E-state index contributed by atoms with van der Waals surface area (Å²) in [5.74, 6) is 0.866. The van der Waals surface area contributed by atoms with E-state index >= 15 is 0 Å². The Hall–Kier alpha value is -2.38. The molecule has 2 rings (SSSR count). The Morgan fingerprint density at radius 3 is 2.86 bits per heavy atom. The summed E-state index contributed by atoms with van der Waals surface area (Å²) in [6.07, 6.45) is 1.68. The number of piperidine rings is 1. The number of pyridine rings is 1. The lowest BCUT2D eigenvalue weighted by Crippen LogP contribution is -2.42. The van der Waals surface area contributed by atoms with E-state index in [1.54, 1.807) is 14.1 Å². The first kappa shape index (κ1) is 15.0. The molecule has 1 aliphatic rings. The first-order valence-electron chi connectivity index (χ1n) is 6.86. The summed E-state index contributed by atoms with van der Waals surface area (Å²) < 4.78 is 0. The molecule has 1 atom stereocenters. The van der Waals surface area contributed by atoms with Gasteiger partial charge in [0.05, 0.1) is 23.0 Å². The third-order valence-electron chi connectivity index (χ3n) is 3.63. The summed E-state index contributed by atoms with van der Waals surface area (Å²) in [6.45, 7) is 1.27. The number of rotatable bonds is 4. The third-order valence-corrected chi connectivity index (χ3v) is 3.63. The van der Waals surface area contributed by atoms with E-state index in [1.165, 1.54) is 12.1 Å². The second-order valence-electron chi connectivity index (χ2n) is 4.98. The smallest absolute Gasteiger partial charge is 0.276 e. The number of carbonyl (C=O) groups excluding carboxylic acids is 1. The van der Waals surface area contributed by atoms with E-state index in [2.05, 4.69) is 15.6 Å².